The second-order valence-electron chi connectivity index (χ2n) is 8.30. The molecule has 2 amide bonds. The van der Waals surface area contributed by atoms with Crippen molar-refractivity contribution in [2.75, 3.05) is 19.0 Å². The average molecular weight is 486 g/mol. The molecular weight excluding hydrogens is 458 g/mol. The van der Waals surface area contributed by atoms with E-state index in [0.717, 1.165) is 11.1 Å². The number of carbonyl (C=O) groups is 2. The SMILES string of the molecule is COc1ccc2cc(C(=O)Nc3cc(C(=O)NC(CCN)c4ccccc4)ccc3C)c(=O)[nH]c2n1. The molecule has 0 fully saturated rings. The Kier molecular flexibility index (Phi) is 7.41. The molecule has 2 aromatic carbocycles. The molecule has 1 unspecified atom stereocenters. The van der Waals surface area contributed by atoms with Crippen LogP contribution in [0.4, 0.5) is 5.69 Å². The first-order valence-corrected chi connectivity index (χ1v) is 11.5. The van der Waals surface area contributed by atoms with E-state index in [1.807, 2.05) is 30.3 Å². The molecule has 9 nitrogen and oxygen atoms in total. The van der Waals surface area contributed by atoms with Crippen LogP contribution >= 0.6 is 0 Å². The monoisotopic (exact) mass is 485 g/mol. The number of anilines is 1. The van der Waals surface area contributed by atoms with Crippen LogP contribution in [0.5, 0.6) is 5.88 Å². The van der Waals surface area contributed by atoms with Crippen LogP contribution in [-0.4, -0.2) is 35.4 Å². The maximum Gasteiger partial charge on any atom is 0.262 e. The van der Waals surface area contributed by atoms with Crippen LogP contribution in [0.15, 0.2) is 71.5 Å². The van der Waals surface area contributed by atoms with Crippen LogP contribution in [-0.2, 0) is 0 Å². The minimum atomic E-state index is -0.597. The summed E-state index contributed by atoms with van der Waals surface area (Å²) < 4.78 is 5.07. The molecule has 0 saturated carbocycles. The highest BCUT2D eigenvalue weighted by Crippen LogP contribution is 2.21. The number of pyridine rings is 2. The highest BCUT2D eigenvalue weighted by molar-refractivity contribution is 6.06. The first-order valence-electron chi connectivity index (χ1n) is 11.5. The number of amides is 2. The smallest absolute Gasteiger partial charge is 0.262 e. The van der Waals surface area contributed by atoms with Crippen LogP contribution in [0.3, 0.4) is 0 Å². The predicted molar refractivity (Wildman–Crippen MR) is 138 cm³/mol. The van der Waals surface area contributed by atoms with E-state index in [-0.39, 0.29) is 17.5 Å². The van der Waals surface area contributed by atoms with Crippen molar-refractivity contribution in [2.45, 2.75) is 19.4 Å². The molecule has 1 atom stereocenters. The minimum Gasteiger partial charge on any atom is -0.481 e. The number of aromatic nitrogens is 2. The summed E-state index contributed by atoms with van der Waals surface area (Å²) in [6.45, 7) is 2.22. The summed E-state index contributed by atoms with van der Waals surface area (Å²) in [5.74, 6) is -0.543. The lowest BCUT2D eigenvalue weighted by Crippen LogP contribution is -2.30. The molecule has 0 aliphatic carbocycles. The van der Waals surface area contributed by atoms with Gasteiger partial charge in [0.15, 0.2) is 0 Å². The van der Waals surface area contributed by atoms with Gasteiger partial charge < -0.3 is 26.1 Å². The number of hydrogen-bond acceptors (Lipinski definition) is 6. The molecule has 0 bridgehead atoms. The van der Waals surface area contributed by atoms with Crippen LogP contribution in [0.2, 0.25) is 0 Å². The molecule has 4 rings (SSSR count). The quantitative estimate of drug-likeness (QED) is 0.302. The van der Waals surface area contributed by atoms with Gasteiger partial charge in [-0.05, 0) is 55.3 Å². The maximum atomic E-state index is 13.0. The molecule has 36 heavy (non-hydrogen) atoms. The van der Waals surface area contributed by atoms with Crippen molar-refractivity contribution in [1.82, 2.24) is 15.3 Å². The summed E-state index contributed by atoms with van der Waals surface area (Å²) in [6, 6.07) is 19.2. The Labute approximate surface area is 207 Å². The van der Waals surface area contributed by atoms with E-state index in [1.54, 1.807) is 37.3 Å². The van der Waals surface area contributed by atoms with Crippen molar-refractivity contribution in [3.05, 3.63) is 99.3 Å². The zero-order valence-corrected chi connectivity index (χ0v) is 20.0. The zero-order chi connectivity index (χ0) is 25.7. The second kappa shape index (κ2) is 10.8. The van der Waals surface area contributed by atoms with Crippen molar-refractivity contribution >= 4 is 28.5 Å². The largest absolute Gasteiger partial charge is 0.481 e. The Bertz CT molecular complexity index is 1470. The van der Waals surface area contributed by atoms with Crippen molar-refractivity contribution in [3.63, 3.8) is 0 Å². The van der Waals surface area contributed by atoms with Crippen molar-refractivity contribution < 1.29 is 14.3 Å². The summed E-state index contributed by atoms with van der Waals surface area (Å²) in [7, 11) is 1.48. The number of rotatable bonds is 8. The summed E-state index contributed by atoms with van der Waals surface area (Å²) in [5, 5.41) is 6.35. The lowest BCUT2D eigenvalue weighted by molar-refractivity contribution is 0.0934. The van der Waals surface area contributed by atoms with E-state index < -0.39 is 11.5 Å². The Morgan fingerprint density at radius 2 is 1.83 bits per heavy atom. The molecule has 0 spiro atoms. The standard InChI is InChI=1S/C27H27N5O4/c1-16-8-9-19(25(33)29-21(12-13-28)17-6-4-3-5-7-17)15-22(16)30-26(34)20-14-18-10-11-23(36-2)31-24(18)32-27(20)35/h3-11,14-15,21H,12-13,28H2,1-2H3,(H,29,33)(H,30,34)(H,31,32,35). The van der Waals surface area contributed by atoms with Gasteiger partial charge in [-0.25, -0.2) is 0 Å². The Morgan fingerprint density at radius 1 is 1.06 bits per heavy atom. The first kappa shape index (κ1) is 24.6. The van der Waals surface area contributed by atoms with Gasteiger partial charge in [-0.1, -0.05) is 36.4 Å². The number of nitrogens with zero attached hydrogens (tertiary/aromatic N) is 1. The molecule has 5 N–H and O–H groups in total. The maximum absolute atomic E-state index is 13.0. The summed E-state index contributed by atoms with van der Waals surface area (Å²) in [6.07, 6.45) is 0.580. The highest BCUT2D eigenvalue weighted by atomic mass is 16.5. The molecule has 2 aromatic heterocycles. The van der Waals surface area contributed by atoms with E-state index in [0.29, 0.717) is 41.1 Å². The number of carbonyl (C=O) groups excluding carboxylic acids is 2. The normalized spacial score (nSPS) is 11.6. The fourth-order valence-corrected chi connectivity index (χ4v) is 3.85. The molecule has 2 heterocycles. The average Bonchev–Trinajstić information content (AvgIpc) is 2.89. The third kappa shape index (κ3) is 5.42. The van der Waals surface area contributed by atoms with E-state index in [1.165, 1.54) is 13.2 Å². The summed E-state index contributed by atoms with van der Waals surface area (Å²) in [4.78, 5) is 45.4. The Morgan fingerprint density at radius 3 is 2.56 bits per heavy atom. The number of benzene rings is 2. The van der Waals surface area contributed by atoms with Gasteiger partial charge in [0.2, 0.25) is 5.88 Å². The molecule has 0 aliphatic rings. The van der Waals surface area contributed by atoms with E-state index in [2.05, 4.69) is 20.6 Å². The number of nitrogens with one attached hydrogen (secondary N) is 3. The van der Waals surface area contributed by atoms with Gasteiger partial charge in [0.1, 0.15) is 11.2 Å². The number of fused-ring (bicyclic) bond motifs is 1. The Balaban J connectivity index is 1.56. The molecular formula is C27H27N5O4. The number of aryl methyl sites for hydroxylation is 1. The van der Waals surface area contributed by atoms with E-state index >= 15 is 0 Å². The van der Waals surface area contributed by atoms with Crippen molar-refractivity contribution in [2.24, 2.45) is 5.73 Å². The molecule has 184 valence electrons. The highest BCUT2D eigenvalue weighted by Gasteiger charge is 2.18. The number of hydrogen-bond donors (Lipinski definition) is 4. The third-order valence-electron chi connectivity index (χ3n) is 5.84. The molecule has 9 heteroatoms. The number of aromatic amines is 1. The van der Waals surface area contributed by atoms with E-state index in [9.17, 15) is 14.4 Å². The lowest BCUT2D eigenvalue weighted by atomic mass is 10.0. The van der Waals surface area contributed by atoms with Gasteiger partial charge >= 0.3 is 0 Å². The minimum absolute atomic E-state index is 0.0733. The summed E-state index contributed by atoms with van der Waals surface area (Å²) in [5.41, 5.74) is 7.92. The fraction of sp³-hybridized carbons (Fsp3) is 0.185. The lowest BCUT2D eigenvalue weighted by Gasteiger charge is -2.19. The summed E-state index contributed by atoms with van der Waals surface area (Å²) >= 11 is 0. The first-order chi connectivity index (χ1) is 17.4. The fourth-order valence-electron chi connectivity index (χ4n) is 3.85. The van der Waals surface area contributed by atoms with E-state index in [4.69, 9.17) is 10.5 Å². The van der Waals surface area contributed by atoms with Gasteiger partial charge in [0.25, 0.3) is 17.4 Å². The van der Waals surface area contributed by atoms with Crippen molar-refractivity contribution in [3.8, 4) is 5.88 Å². The van der Waals surface area contributed by atoms with Crippen LogP contribution in [0, 0.1) is 6.92 Å². The van der Waals surface area contributed by atoms with Crippen LogP contribution < -0.4 is 26.7 Å². The molecule has 4 aromatic rings. The van der Waals surface area contributed by atoms with Gasteiger partial charge in [0, 0.05) is 22.7 Å². The molecule has 0 radical (unpaired) electrons. The topological polar surface area (TPSA) is 139 Å². The van der Waals surface area contributed by atoms with Crippen LogP contribution in [0.25, 0.3) is 11.0 Å². The molecule has 0 saturated heterocycles. The third-order valence-corrected chi connectivity index (χ3v) is 5.84. The van der Waals surface area contributed by atoms with Crippen molar-refractivity contribution in [1.29, 1.82) is 0 Å². The van der Waals surface area contributed by atoms with Gasteiger partial charge in [-0.2, -0.15) is 4.98 Å². The zero-order valence-electron chi connectivity index (χ0n) is 20.0. The van der Waals surface area contributed by atoms with Gasteiger partial charge in [-0.15, -0.1) is 0 Å². The number of ether oxygens (including phenoxy) is 1. The van der Waals surface area contributed by atoms with Crippen LogP contribution in [0.1, 0.15) is 44.3 Å². The number of nitrogens with two attached hydrogens (primary N) is 1. The second-order valence-corrected chi connectivity index (χ2v) is 8.30. The molecule has 0 aliphatic heterocycles. The number of H-pyrrole nitrogens is 1. The number of methoxy groups -OCH3 is 1. The van der Waals surface area contributed by atoms with Gasteiger partial charge in [0.05, 0.1) is 13.2 Å². The van der Waals surface area contributed by atoms with Gasteiger partial charge in [-0.3, -0.25) is 14.4 Å². The Hall–Kier alpha value is -4.50. The predicted octanol–water partition coefficient (Wildman–Crippen LogP) is 3.31.